The number of ether oxygens (including phenoxy) is 1. The highest BCUT2D eigenvalue weighted by Gasteiger charge is 2.31. The summed E-state index contributed by atoms with van der Waals surface area (Å²) >= 11 is 3.47. The molecule has 0 aliphatic heterocycles. The summed E-state index contributed by atoms with van der Waals surface area (Å²) in [5, 5.41) is 0. The van der Waals surface area contributed by atoms with Gasteiger partial charge in [-0.15, -0.1) is 12.4 Å². The van der Waals surface area contributed by atoms with Gasteiger partial charge in [-0.05, 0) is 43.9 Å². The Bertz CT molecular complexity index is 355. The lowest BCUT2D eigenvalue weighted by molar-refractivity contribution is 0.332. The van der Waals surface area contributed by atoms with E-state index in [9.17, 15) is 0 Å². The molecule has 1 aliphatic carbocycles. The van der Waals surface area contributed by atoms with Crippen molar-refractivity contribution in [1.82, 2.24) is 0 Å². The summed E-state index contributed by atoms with van der Waals surface area (Å²) in [7, 11) is 0. The lowest BCUT2D eigenvalue weighted by Crippen LogP contribution is -2.14. The first kappa shape index (κ1) is 13.8. The second-order valence-electron chi connectivity index (χ2n) is 3.98. The Morgan fingerprint density at radius 3 is 2.75 bits per heavy atom. The molecule has 0 heterocycles. The van der Waals surface area contributed by atoms with Crippen LogP contribution in [0.4, 0.5) is 0 Å². The molecule has 1 aromatic carbocycles. The molecule has 4 heteroatoms. The van der Waals surface area contributed by atoms with Gasteiger partial charge >= 0.3 is 0 Å². The van der Waals surface area contributed by atoms with E-state index in [1.54, 1.807) is 0 Å². The van der Waals surface area contributed by atoms with Gasteiger partial charge in [-0.25, -0.2) is 0 Å². The minimum Gasteiger partial charge on any atom is -0.494 e. The van der Waals surface area contributed by atoms with E-state index in [4.69, 9.17) is 10.5 Å². The van der Waals surface area contributed by atoms with Crippen molar-refractivity contribution in [2.75, 3.05) is 6.61 Å². The topological polar surface area (TPSA) is 35.2 Å². The van der Waals surface area contributed by atoms with Crippen molar-refractivity contribution >= 4 is 28.3 Å². The summed E-state index contributed by atoms with van der Waals surface area (Å²) in [5.74, 6) is 1.58. The van der Waals surface area contributed by atoms with E-state index in [1.807, 2.05) is 19.1 Å². The van der Waals surface area contributed by atoms with E-state index in [2.05, 4.69) is 22.0 Å². The van der Waals surface area contributed by atoms with Crippen molar-refractivity contribution in [3.8, 4) is 5.75 Å². The Morgan fingerprint density at radius 1 is 1.50 bits per heavy atom. The van der Waals surface area contributed by atoms with E-state index in [0.29, 0.717) is 12.5 Å². The summed E-state index contributed by atoms with van der Waals surface area (Å²) in [6, 6.07) is 6.19. The minimum atomic E-state index is 0. The monoisotopic (exact) mass is 305 g/mol. The molecule has 2 N–H and O–H groups in total. The first-order chi connectivity index (χ1) is 7.22. The molecule has 0 saturated heterocycles. The Labute approximate surface area is 111 Å². The van der Waals surface area contributed by atoms with Gasteiger partial charge in [0.15, 0.2) is 0 Å². The van der Waals surface area contributed by atoms with Crippen LogP contribution in [-0.4, -0.2) is 6.61 Å². The van der Waals surface area contributed by atoms with Crippen molar-refractivity contribution in [2.24, 2.45) is 11.7 Å². The molecule has 2 rings (SSSR count). The smallest absolute Gasteiger partial charge is 0.124 e. The third-order valence-electron chi connectivity index (χ3n) is 2.76. The Morgan fingerprint density at radius 2 is 2.19 bits per heavy atom. The van der Waals surface area contributed by atoms with Crippen molar-refractivity contribution < 1.29 is 4.74 Å². The Hall–Kier alpha value is -0.250. The van der Waals surface area contributed by atoms with Crippen LogP contribution in [-0.2, 0) is 0 Å². The van der Waals surface area contributed by atoms with Gasteiger partial charge in [-0.2, -0.15) is 0 Å². The SMILES string of the molecule is CCOc1ccc(Br)cc1[C@@H](N)C1CC1.Cl. The Balaban J connectivity index is 0.00000128. The first-order valence-corrected chi connectivity index (χ1v) is 6.19. The number of nitrogens with two attached hydrogens (primary N) is 1. The molecule has 1 aliphatic rings. The van der Waals surface area contributed by atoms with Crippen LogP contribution in [0.5, 0.6) is 5.75 Å². The average Bonchev–Trinajstić information content (AvgIpc) is 3.03. The number of halogens is 2. The molecule has 16 heavy (non-hydrogen) atoms. The van der Waals surface area contributed by atoms with Crippen molar-refractivity contribution in [3.05, 3.63) is 28.2 Å². The van der Waals surface area contributed by atoms with Gasteiger partial charge in [0, 0.05) is 16.1 Å². The van der Waals surface area contributed by atoms with Gasteiger partial charge in [-0.3, -0.25) is 0 Å². The predicted octanol–water partition coefficient (Wildman–Crippen LogP) is 3.68. The number of hydrogen-bond donors (Lipinski definition) is 1. The Kier molecular flexibility index (Phi) is 5.09. The van der Waals surface area contributed by atoms with Crippen molar-refractivity contribution in [1.29, 1.82) is 0 Å². The zero-order chi connectivity index (χ0) is 10.8. The molecule has 0 bridgehead atoms. The standard InChI is InChI=1S/C12H16BrNO.ClH/c1-2-15-11-6-5-9(13)7-10(11)12(14)8-3-4-8;/h5-8,12H,2-4,14H2,1H3;1H/t12-;/m0./s1. The maximum atomic E-state index is 6.20. The van der Waals surface area contributed by atoms with Crippen LogP contribution in [0.25, 0.3) is 0 Å². The maximum Gasteiger partial charge on any atom is 0.124 e. The van der Waals surface area contributed by atoms with Gasteiger partial charge in [0.05, 0.1) is 6.61 Å². The summed E-state index contributed by atoms with van der Waals surface area (Å²) < 4.78 is 6.66. The van der Waals surface area contributed by atoms with Crippen molar-refractivity contribution in [3.63, 3.8) is 0 Å². The molecule has 0 spiro atoms. The van der Waals surface area contributed by atoms with E-state index >= 15 is 0 Å². The highest BCUT2D eigenvalue weighted by atomic mass is 79.9. The molecule has 1 fully saturated rings. The molecule has 1 aromatic rings. The van der Waals surface area contributed by atoms with Gasteiger partial charge in [0.25, 0.3) is 0 Å². The van der Waals surface area contributed by atoms with Crippen LogP contribution >= 0.6 is 28.3 Å². The molecule has 90 valence electrons. The summed E-state index contributed by atoms with van der Waals surface area (Å²) in [6.45, 7) is 2.68. The predicted molar refractivity (Wildman–Crippen MR) is 72.2 cm³/mol. The molecule has 0 amide bonds. The lowest BCUT2D eigenvalue weighted by atomic mass is 10.0. The zero-order valence-electron chi connectivity index (χ0n) is 9.28. The van der Waals surface area contributed by atoms with E-state index < -0.39 is 0 Å². The van der Waals surface area contributed by atoms with Crippen LogP contribution in [0, 0.1) is 5.92 Å². The lowest BCUT2D eigenvalue weighted by Gasteiger charge is -2.16. The zero-order valence-corrected chi connectivity index (χ0v) is 11.7. The quantitative estimate of drug-likeness (QED) is 0.921. The molecule has 0 radical (unpaired) electrons. The van der Waals surface area contributed by atoms with Crippen LogP contribution in [0.3, 0.4) is 0 Å². The van der Waals surface area contributed by atoms with E-state index in [0.717, 1.165) is 15.8 Å². The van der Waals surface area contributed by atoms with Gasteiger partial charge in [0.2, 0.25) is 0 Å². The van der Waals surface area contributed by atoms with Gasteiger partial charge < -0.3 is 10.5 Å². The summed E-state index contributed by atoms with van der Waals surface area (Å²) in [6.07, 6.45) is 2.50. The van der Waals surface area contributed by atoms with Crippen LogP contribution in [0.2, 0.25) is 0 Å². The van der Waals surface area contributed by atoms with Crippen LogP contribution in [0.1, 0.15) is 31.4 Å². The normalized spacial score (nSPS) is 16.4. The summed E-state index contributed by atoms with van der Waals surface area (Å²) in [5.41, 5.74) is 7.33. The number of hydrogen-bond acceptors (Lipinski definition) is 2. The summed E-state index contributed by atoms with van der Waals surface area (Å²) in [4.78, 5) is 0. The fraction of sp³-hybridized carbons (Fsp3) is 0.500. The van der Waals surface area contributed by atoms with Crippen molar-refractivity contribution in [2.45, 2.75) is 25.8 Å². The molecular formula is C12H17BrClNO. The van der Waals surface area contributed by atoms with E-state index in [-0.39, 0.29) is 18.4 Å². The minimum absolute atomic E-state index is 0. The molecule has 1 atom stereocenters. The number of rotatable bonds is 4. The fourth-order valence-electron chi connectivity index (χ4n) is 1.78. The first-order valence-electron chi connectivity index (χ1n) is 5.40. The van der Waals surface area contributed by atoms with Crippen LogP contribution < -0.4 is 10.5 Å². The largest absolute Gasteiger partial charge is 0.494 e. The third kappa shape index (κ3) is 3.12. The van der Waals surface area contributed by atoms with Crippen LogP contribution in [0.15, 0.2) is 22.7 Å². The highest BCUT2D eigenvalue weighted by molar-refractivity contribution is 9.10. The maximum absolute atomic E-state index is 6.20. The third-order valence-corrected chi connectivity index (χ3v) is 3.25. The molecule has 0 unspecified atom stereocenters. The number of benzene rings is 1. The average molecular weight is 307 g/mol. The van der Waals surface area contributed by atoms with Gasteiger partial charge in [0.1, 0.15) is 5.75 Å². The van der Waals surface area contributed by atoms with E-state index in [1.165, 1.54) is 12.8 Å². The molecule has 2 nitrogen and oxygen atoms in total. The second kappa shape index (κ2) is 5.89. The van der Waals surface area contributed by atoms with Gasteiger partial charge in [-0.1, -0.05) is 15.9 Å². The molecule has 0 aromatic heterocycles. The second-order valence-corrected chi connectivity index (χ2v) is 4.89. The fourth-order valence-corrected chi connectivity index (χ4v) is 2.15. The molecule has 1 saturated carbocycles. The highest BCUT2D eigenvalue weighted by Crippen LogP contribution is 2.42. The molecular weight excluding hydrogens is 289 g/mol.